The summed E-state index contributed by atoms with van der Waals surface area (Å²) in [5.41, 5.74) is -0.398. The molecule has 4 nitrogen and oxygen atoms in total. The Morgan fingerprint density at radius 3 is 2.61 bits per heavy atom. The molecule has 4 heteroatoms. The van der Waals surface area contributed by atoms with Gasteiger partial charge in [-0.15, -0.1) is 0 Å². The van der Waals surface area contributed by atoms with Gasteiger partial charge in [-0.1, -0.05) is 6.42 Å². The molecule has 0 amide bonds. The van der Waals surface area contributed by atoms with Crippen LogP contribution in [-0.4, -0.2) is 36.4 Å². The molecule has 106 valence electrons. The molecule has 2 unspecified atom stereocenters. The minimum absolute atomic E-state index is 0.153. The standard InChI is InChI=1S/C14H27NO3/c1-14(2,3)18-13(17)7-8-15-9-11-5-4-6-12(11)10-16/h11-12,15-16H,4-10H2,1-3H3. The fourth-order valence-corrected chi connectivity index (χ4v) is 2.49. The highest BCUT2D eigenvalue weighted by atomic mass is 16.6. The predicted molar refractivity (Wildman–Crippen MR) is 71.2 cm³/mol. The molecule has 2 N–H and O–H groups in total. The molecule has 0 aliphatic heterocycles. The molecule has 0 saturated heterocycles. The van der Waals surface area contributed by atoms with E-state index in [4.69, 9.17) is 4.74 Å². The number of carbonyl (C=O) groups is 1. The number of aliphatic hydroxyl groups excluding tert-OH is 1. The van der Waals surface area contributed by atoms with Crippen LogP contribution in [0.15, 0.2) is 0 Å². The molecule has 0 radical (unpaired) electrons. The highest BCUT2D eigenvalue weighted by Crippen LogP contribution is 2.30. The average Bonchev–Trinajstić information content (AvgIpc) is 2.69. The summed E-state index contributed by atoms with van der Waals surface area (Å²) in [5, 5.41) is 12.5. The van der Waals surface area contributed by atoms with Crippen molar-refractivity contribution in [3.63, 3.8) is 0 Å². The van der Waals surface area contributed by atoms with E-state index in [0.717, 1.165) is 13.0 Å². The van der Waals surface area contributed by atoms with E-state index in [-0.39, 0.29) is 5.97 Å². The molecule has 0 aromatic carbocycles. The maximum atomic E-state index is 11.5. The number of nitrogens with one attached hydrogen (secondary N) is 1. The normalized spacial score (nSPS) is 24.2. The molecular weight excluding hydrogens is 230 g/mol. The summed E-state index contributed by atoms with van der Waals surface area (Å²) in [6, 6.07) is 0. The molecule has 18 heavy (non-hydrogen) atoms. The minimum atomic E-state index is -0.398. The van der Waals surface area contributed by atoms with Crippen LogP contribution in [0.1, 0.15) is 46.5 Å². The zero-order valence-corrected chi connectivity index (χ0v) is 11.9. The largest absolute Gasteiger partial charge is 0.460 e. The van der Waals surface area contributed by atoms with Gasteiger partial charge in [0.15, 0.2) is 0 Å². The van der Waals surface area contributed by atoms with Crippen LogP contribution in [0, 0.1) is 11.8 Å². The molecular formula is C14H27NO3. The Hall–Kier alpha value is -0.610. The molecule has 2 atom stereocenters. The van der Waals surface area contributed by atoms with Gasteiger partial charge in [0.2, 0.25) is 0 Å². The SMILES string of the molecule is CC(C)(C)OC(=O)CCNCC1CCCC1CO. The van der Waals surface area contributed by atoms with Crippen molar-refractivity contribution >= 4 is 5.97 Å². The van der Waals surface area contributed by atoms with Crippen molar-refractivity contribution < 1.29 is 14.6 Å². The smallest absolute Gasteiger partial charge is 0.307 e. The molecule has 0 aromatic rings. The van der Waals surface area contributed by atoms with Crippen molar-refractivity contribution in [3.8, 4) is 0 Å². The fourth-order valence-electron chi connectivity index (χ4n) is 2.49. The maximum Gasteiger partial charge on any atom is 0.307 e. The number of esters is 1. The van der Waals surface area contributed by atoms with Crippen LogP contribution in [0.4, 0.5) is 0 Å². The lowest BCUT2D eigenvalue weighted by atomic mass is 9.97. The van der Waals surface area contributed by atoms with Crippen LogP contribution in [0.3, 0.4) is 0 Å². The Kier molecular flexibility index (Phi) is 6.09. The van der Waals surface area contributed by atoms with E-state index in [2.05, 4.69) is 5.32 Å². The molecule has 0 aromatic heterocycles. The van der Waals surface area contributed by atoms with Crippen LogP contribution < -0.4 is 5.32 Å². The molecule has 0 heterocycles. The Labute approximate surface area is 110 Å². The summed E-state index contributed by atoms with van der Waals surface area (Å²) in [7, 11) is 0. The van der Waals surface area contributed by atoms with Crippen LogP contribution in [0.5, 0.6) is 0 Å². The topological polar surface area (TPSA) is 58.6 Å². The van der Waals surface area contributed by atoms with Gasteiger partial charge in [-0.05, 0) is 52.0 Å². The number of hydrogen-bond donors (Lipinski definition) is 2. The van der Waals surface area contributed by atoms with Crippen molar-refractivity contribution in [3.05, 3.63) is 0 Å². The van der Waals surface area contributed by atoms with Crippen LogP contribution >= 0.6 is 0 Å². The Bertz CT molecular complexity index is 260. The van der Waals surface area contributed by atoms with Crippen LogP contribution in [0.25, 0.3) is 0 Å². The zero-order valence-electron chi connectivity index (χ0n) is 11.9. The number of rotatable bonds is 6. The highest BCUT2D eigenvalue weighted by Gasteiger charge is 2.26. The third kappa shape index (κ3) is 5.83. The first-order chi connectivity index (χ1) is 8.42. The number of hydrogen-bond acceptors (Lipinski definition) is 4. The van der Waals surface area contributed by atoms with E-state index in [0.29, 0.717) is 31.4 Å². The lowest BCUT2D eigenvalue weighted by Crippen LogP contribution is -2.30. The van der Waals surface area contributed by atoms with Crippen LogP contribution in [-0.2, 0) is 9.53 Å². The Morgan fingerprint density at radius 2 is 2.00 bits per heavy atom. The second kappa shape index (κ2) is 7.10. The Morgan fingerprint density at radius 1 is 1.33 bits per heavy atom. The van der Waals surface area contributed by atoms with Crippen molar-refractivity contribution in [2.75, 3.05) is 19.7 Å². The van der Waals surface area contributed by atoms with Gasteiger partial charge in [-0.2, -0.15) is 0 Å². The van der Waals surface area contributed by atoms with Crippen molar-refractivity contribution in [2.24, 2.45) is 11.8 Å². The van der Waals surface area contributed by atoms with Gasteiger partial charge in [-0.25, -0.2) is 0 Å². The van der Waals surface area contributed by atoms with E-state index < -0.39 is 5.60 Å². The zero-order chi connectivity index (χ0) is 13.6. The summed E-state index contributed by atoms with van der Waals surface area (Å²) in [6.45, 7) is 7.48. The van der Waals surface area contributed by atoms with Gasteiger partial charge >= 0.3 is 5.97 Å². The van der Waals surface area contributed by atoms with E-state index >= 15 is 0 Å². The summed E-state index contributed by atoms with van der Waals surface area (Å²) < 4.78 is 5.23. The van der Waals surface area contributed by atoms with Gasteiger partial charge in [0.05, 0.1) is 6.42 Å². The predicted octanol–water partition coefficient (Wildman–Crippen LogP) is 1.72. The summed E-state index contributed by atoms with van der Waals surface area (Å²) in [4.78, 5) is 11.5. The van der Waals surface area contributed by atoms with E-state index in [1.807, 2.05) is 20.8 Å². The Balaban J connectivity index is 2.10. The minimum Gasteiger partial charge on any atom is -0.460 e. The molecule has 1 aliphatic carbocycles. The molecule has 1 aliphatic rings. The van der Waals surface area contributed by atoms with Crippen molar-refractivity contribution in [1.82, 2.24) is 5.32 Å². The van der Waals surface area contributed by atoms with Crippen LogP contribution in [0.2, 0.25) is 0 Å². The summed E-state index contributed by atoms with van der Waals surface area (Å²) in [5.74, 6) is 0.854. The molecule has 0 bridgehead atoms. The number of carbonyl (C=O) groups excluding carboxylic acids is 1. The first-order valence-corrected chi connectivity index (χ1v) is 6.96. The third-order valence-electron chi connectivity index (χ3n) is 3.38. The van der Waals surface area contributed by atoms with Gasteiger partial charge in [0.1, 0.15) is 5.60 Å². The first kappa shape index (κ1) is 15.4. The summed E-state index contributed by atoms with van der Waals surface area (Å²) in [6.07, 6.45) is 3.94. The second-order valence-electron chi connectivity index (χ2n) is 6.17. The number of ether oxygens (including phenoxy) is 1. The lowest BCUT2D eigenvalue weighted by molar-refractivity contribution is -0.154. The lowest BCUT2D eigenvalue weighted by Gasteiger charge is -2.20. The first-order valence-electron chi connectivity index (χ1n) is 6.96. The van der Waals surface area contributed by atoms with Crippen molar-refractivity contribution in [2.45, 2.75) is 52.1 Å². The van der Waals surface area contributed by atoms with Gasteiger partial charge in [-0.3, -0.25) is 4.79 Å². The summed E-state index contributed by atoms with van der Waals surface area (Å²) >= 11 is 0. The van der Waals surface area contributed by atoms with Gasteiger partial charge < -0.3 is 15.2 Å². The molecule has 1 fully saturated rings. The van der Waals surface area contributed by atoms with Gasteiger partial charge in [0.25, 0.3) is 0 Å². The molecule has 1 rings (SSSR count). The van der Waals surface area contributed by atoms with E-state index in [1.165, 1.54) is 12.8 Å². The molecule has 0 spiro atoms. The average molecular weight is 257 g/mol. The third-order valence-corrected chi connectivity index (χ3v) is 3.38. The monoisotopic (exact) mass is 257 g/mol. The number of aliphatic hydroxyl groups is 1. The fraction of sp³-hybridized carbons (Fsp3) is 0.929. The van der Waals surface area contributed by atoms with E-state index in [9.17, 15) is 9.90 Å². The maximum absolute atomic E-state index is 11.5. The van der Waals surface area contributed by atoms with Gasteiger partial charge in [0, 0.05) is 13.2 Å². The highest BCUT2D eigenvalue weighted by molar-refractivity contribution is 5.70. The van der Waals surface area contributed by atoms with E-state index in [1.54, 1.807) is 0 Å². The quantitative estimate of drug-likeness (QED) is 0.562. The van der Waals surface area contributed by atoms with Crippen molar-refractivity contribution in [1.29, 1.82) is 0 Å². The molecule has 1 saturated carbocycles. The second-order valence-corrected chi connectivity index (χ2v) is 6.17.